The fourth-order valence-electron chi connectivity index (χ4n) is 2.62. The molecule has 0 bridgehead atoms. The minimum absolute atomic E-state index is 0.711. The van der Waals surface area contributed by atoms with Crippen molar-refractivity contribution in [1.29, 1.82) is 0 Å². The van der Waals surface area contributed by atoms with E-state index in [-0.39, 0.29) is 0 Å². The van der Waals surface area contributed by atoms with Crippen molar-refractivity contribution in [3.8, 4) is 22.6 Å². The third-order valence-electron chi connectivity index (χ3n) is 3.85. The summed E-state index contributed by atoms with van der Waals surface area (Å²) in [4.78, 5) is 4.46. The lowest BCUT2D eigenvalue weighted by atomic mass is 10.1. The highest BCUT2D eigenvalue weighted by molar-refractivity contribution is 5.88. The molecule has 2 N–H and O–H groups in total. The van der Waals surface area contributed by atoms with E-state index in [0.29, 0.717) is 5.69 Å². The molecule has 5 nitrogen and oxygen atoms in total. The molecule has 2 heterocycles. The Bertz CT molecular complexity index is 1010. The van der Waals surface area contributed by atoms with Crippen LogP contribution in [-0.4, -0.2) is 14.8 Å². The molecule has 0 fully saturated rings. The Morgan fingerprint density at radius 1 is 1.00 bits per heavy atom. The number of nitrogen functional groups attached to an aromatic ring is 1. The van der Waals surface area contributed by atoms with E-state index in [0.717, 1.165) is 33.5 Å². The molecule has 0 atom stereocenters. The summed E-state index contributed by atoms with van der Waals surface area (Å²) in [6.07, 6.45) is 5.58. The Labute approximate surface area is 139 Å². The van der Waals surface area contributed by atoms with Crippen LogP contribution in [0.4, 0.5) is 5.69 Å². The van der Waals surface area contributed by atoms with Crippen LogP contribution < -0.4 is 10.5 Å². The number of nitrogens with zero attached hydrogens (tertiary/aromatic N) is 3. The number of aromatic nitrogens is 3. The van der Waals surface area contributed by atoms with Crippen LogP contribution >= 0.6 is 0 Å². The van der Waals surface area contributed by atoms with Crippen molar-refractivity contribution in [1.82, 2.24) is 14.8 Å². The van der Waals surface area contributed by atoms with Gasteiger partial charge in [-0.2, -0.15) is 5.10 Å². The molecule has 4 aromatic rings. The molecule has 0 aliphatic rings. The second kappa shape index (κ2) is 5.70. The molecule has 0 aliphatic carbocycles. The van der Waals surface area contributed by atoms with Crippen LogP contribution in [0.15, 0.2) is 67.1 Å². The Balaban J connectivity index is 1.73. The molecule has 2 aromatic carbocycles. The lowest BCUT2D eigenvalue weighted by Crippen LogP contribution is -1.89. The van der Waals surface area contributed by atoms with Crippen LogP contribution in [0, 0.1) is 0 Å². The smallest absolute Gasteiger partial charge is 0.138 e. The van der Waals surface area contributed by atoms with Crippen LogP contribution in [0.25, 0.3) is 22.0 Å². The molecule has 0 saturated heterocycles. The van der Waals surface area contributed by atoms with Crippen molar-refractivity contribution in [3.63, 3.8) is 0 Å². The highest BCUT2D eigenvalue weighted by atomic mass is 16.5. The van der Waals surface area contributed by atoms with Gasteiger partial charge in [-0.25, -0.2) is 0 Å². The van der Waals surface area contributed by atoms with E-state index in [1.54, 1.807) is 10.9 Å². The third kappa shape index (κ3) is 2.67. The van der Waals surface area contributed by atoms with Gasteiger partial charge < -0.3 is 10.5 Å². The van der Waals surface area contributed by atoms with Crippen molar-refractivity contribution in [2.45, 2.75) is 0 Å². The molecular weight excluding hydrogens is 300 g/mol. The van der Waals surface area contributed by atoms with Gasteiger partial charge in [0.05, 0.1) is 11.7 Å². The topological polar surface area (TPSA) is 66.0 Å². The SMILES string of the molecule is Cn1cc(-c2ccc3c(Oc4ccc(N)cc4)ccnc3c2)cn1. The van der Waals surface area contributed by atoms with Crippen molar-refractivity contribution in [3.05, 3.63) is 67.1 Å². The summed E-state index contributed by atoms with van der Waals surface area (Å²) >= 11 is 0. The van der Waals surface area contributed by atoms with Gasteiger partial charge in [-0.1, -0.05) is 6.07 Å². The van der Waals surface area contributed by atoms with Gasteiger partial charge in [-0.05, 0) is 48.0 Å². The van der Waals surface area contributed by atoms with Gasteiger partial charge in [-0.15, -0.1) is 0 Å². The molecule has 0 spiro atoms. The summed E-state index contributed by atoms with van der Waals surface area (Å²) in [5, 5.41) is 5.18. The summed E-state index contributed by atoms with van der Waals surface area (Å²) in [5.41, 5.74) is 9.44. The lowest BCUT2D eigenvalue weighted by Gasteiger charge is -2.09. The number of hydrogen-bond donors (Lipinski definition) is 1. The van der Waals surface area contributed by atoms with Crippen LogP contribution in [0.1, 0.15) is 0 Å². The highest BCUT2D eigenvalue weighted by Gasteiger charge is 2.07. The molecule has 0 unspecified atom stereocenters. The van der Waals surface area contributed by atoms with Crippen LogP contribution in [-0.2, 0) is 7.05 Å². The zero-order valence-electron chi connectivity index (χ0n) is 13.2. The molecule has 0 radical (unpaired) electrons. The first kappa shape index (κ1) is 14.3. The maximum atomic E-state index is 5.98. The molecule has 5 heteroatoms. The number of nitrogens with two attached hydrogens (primary N) is 1. The number of rotatable bonds is 3. The standard InChI is InChI=1S/C19H16N4O/c1-23-12-14(11-22-23)13-2-7-17-18(10-13)21-9-8-19(17)24-16-5-3-15(20)4-6-16/h2-12H,20H2,1H3. The normalized spacial score (nSPS) is 10.9. The van der Waals surface area contributed by atoms with E-state index in [1.807, 2.05) is 61.9 Å². The third-order valence-corrected chi connectivity index (χ3v) is 3.85. The summed E-state index contributed by atoms with van der Waals surface area (Å²) in [6.45, 7) is 0. The van der Waals surface area contributed by atoms with Crippen LogP contribution in [0.5, 0.6) is 11.5 Å². The van der Waals surface area contributed by atoms with Crippen LogP contribution in [0.3, 0.4) is 0 Å². The van der Waals surface area contributed by atoms with Crippen molar-refractivity contribution in [2.75, 3.05) is 5.73 Å². The number of benzene rings is 2. The van der Waals surface area contributed by atoms with E-state index in [1.165, 1.54) is 0 Å². The Hall–Kier alpha value is -3.34. The lowest BCUT2D eigenvalue weighted by molar-refractivity contribution is 0.488. The maximum Gasteiger partial charge on any atom is 0.138 e. The van der Waals surface area contributed by atoms with Crippen LogP contribution in [0.2, 0.25) is 0 Å². The first-order chi connectivity index (χ1) is 11.7. The van der Waals surface area contributed by atoms with Crippen molar-refractivity contribution < 1.29 is 4.74 Å². The van der Waals surface area contributed by atoms with E-state index in [2.05, 4.69) is 16.1 Å². The molecule has 0 aliphatic heterocycles. The fraction of sp³-hybridized carbons (Fsp3) is 0.0526. The Morgan fingerprint density at radius 3 is 2.58 bits per heavy atom. The van der Waals surface area contributed by atoms with Gasteiger partial charge in [0.25, 0.3) is 0 Å². The first-order valence-corrected chi connectivity index (χ1v) is 7.60. The predicted molar refractivity (Wildman–Crippen MR) is 94.9 cm³/mol. The maximum absolute atomic E-state index is 5.98. The zero-order chi connectivity index (χ0) is 16.5. The number of hydrogen-bond acceptors (Lipinski definition) is 4. The second-order valence-corrected chi connectivity index (χ2v) is 5.61. The molecule has 0 saturated carbocycles. The van der Waals surface area contributed by atoms with Gasteiger partial charge in [0, 0.05) is 36.1 Å². The van der Waals surface area contributed by atoms with E-state index >= 15 is 0 Å². The number of anilines is 1. The van der Waals surface area contributed by atoms with Gasteiger partial charge in [-0.3, -0.25) is 9.67 Å². The predicted octanol–water partition coefficient (Wildman–Crippen LogP) is 4.01. The molecule has 0 amide bonds. The van der Waals surface area contributed by atoms with Gasteiger partial charge in [0.2, 0.25) is 0 Å². The van der Waals surface area contributed by atoms with E-state index in [4.69, 9.17) is 10.5 Å². The van der Waals surface area contributed by atoms with Gasteiger partial charge in [0.1, 0.15) is 11.5 Å². The van der Waals surface area contributed by atoms with E-state index in [9.17, 15) is 0 Å². The molecule has 4 rings (SSSR count). The monoisotopic (exact) mass is 316 g/mol. The molecule has 2 aromatic heterocycles. The summed E-state index contributed by atoms with van der Waals surface area (Å²) in [7, 11) is 1.90. The van der Waals surface area contributed by atoms with Gasteiger partial charge >= 0.3 is 0 Å². The minimum atomic E-state index is 0.711. The quantitative estimate of drug-likeness (QED) is 0.580. The Morgan fingerprint density at radius 2 is 1.83 bits per heavy atom. The van der Waals surface area contributed by atoms with E-state index < -0.39 is 0 Å². The number of pyridine rings is 1. The summed E-state index contributed by atoms with van der Waals surface area (Å²) in [6, 6.07) is 15.3. The second-order valence-electron chi connectivity index (χ2n) is 5.61. The average Bonchev–Trinajstić information content (AvgIpc) is 3.03. The zero-order valence-corrected chi connectivity index (χ0v) is 13.2. The number of aryl methyl sites for hydroxylation is 1. The highest BCUT2D eigenvalue weighted by Crippen LogP contribution is 2.31. The number of fused-ring (bicyclic) bond motifs is 1. The van der Waals surface area contributed by atoms with Crippen molar-refractivity contribution in [2.24, 2.45) is 7.05 Å². The first-order valence-electron chi connectivity index (χ1n) is 7.60. The Kier molecular flexibility index (Phi) is 3.39. The number of ether oxygens (including phenoxy) is 1. The molecule has 118 valence electrons. The average molecular weight is 316 g/mol. The minimum Gasteiger partial charge on any atom is -0.457 e. The molecule has 24 heavy (non-hydrogen) atoms. The van der Waals surface area contributed by atoms with Crippen molar-refractivity contribution >= 4 is 16.6 Å². The molecular formula is C19H16N4O. The fourth-order valence-corrected chi connectivity index (χ4v) is 2.62. The summed E-state index contributed by atoms with van der Waals surface area (Å²) in [5.74, 6) is 1.51. The summed E-state index contributed by atoms with van der Waals surface area (Å²) < 4.78 is 7.77. The van der Waals surface area contributed by atoms with Gasteiger partial charge in [0.15, 0.2) is 0 Å². The largest absolute Gasteiger partial charge is 0.457 e.